The smallest absolute Gasteiger partial charge is 0.323 e. The fraction of sp³-hybridized carbons (Fsp3) is 0.447. The average molecular weight is 627 g/mol. The summed E-state index contributed by atoms with van der Waals surface area (Å²) in [5, 5.41) is 11.4. The lowest BCUT2D eigenvalue weighted by Gasteiger charge is -2.27. The summed E-state index contributed by atoms with van der Waals surface area (Å²) < 4.78 is 12.9. The molecule has 1 aromatic heterocycles. The zero-order valence-corrected chi connectivity index (χ0v) is 27.9. The number of hydrogen-bond acceptors (Lipinski definition) is 7. The Bertz CT molecular complexity index is 1630. The molecular weight excluding hydrogens is 580 g/mol. The van der Waals surface area contributed by atoms with E-state index in [9.17, 15) is 9.90 Å². The summed E-state index contributed by atoms with van der Waals surface area (Å²) in [5.74, 6) is 1.07. The van der Waals surface area contributed by atoms with Crippen LogP contribution in [-0.4, -0.2) is 65.3 Å². The lowest BCUT2D eigenvalue weighted by Crippen LogP contribution is -2.40. The molecule has 2 aliphatic heterocycles. The first kappa shape index (κ1) is 31.6. The van der Waals surface area contributed by atoms with E-state index in [2.05, 4.69) is 59.2 Å². The Morgan fingerprint density at radius 3 is 2.49 bits per heavy atom. The monoisotopic (exact) mass is 626 g/mol. The quantitative estimate of drug-likeness (QED) is 0.180. The van der Waals surface area contributed by atoms with Crippen molar-refractivity contribution in [3.8, 4) is 21.9 Å². The van der Waals surface area contributed by atoms with Gasteiger partial charge in [-0.05, 0) is 155 Å². The highest BCUT2D eigenvalue weighted by atomic mass is 32.1. The van der Waals surface area contributed by atoms with Gasteiger partial charge in [0, 0.05) is 22.7 Å². The third-order valence-electron chi connectivity index (χ3n) is 8.97. The maximum absolute atomic E-state index is 12.9. The number of phenolic OH excluding ortho intramolecular Hbond substituents is 1. The summed E-state index contributed by atoms with van der Waals surface area (Å²) >= 11 is 1.73. The Balaban J connectivity index is 1.19. The molecular formula is C38H46N2O4S. The summed E-state index contributed by atoms with van der Waals surface area (Å²) in [7, 11) is 0. The second-order valence-corrected chi connectivity index (χ2v) is 14.7. The number of phenols is 1. The molecule has 1 unspecified atom stereocenters. The second kappa shape index (κ2) is 13.5. The topological polar surface area (TPSA) is 62.2 Å². The zero-order chi connectivity index (χ0) is 31.6. The molecule has 0 radical (unpaired) electrons. The molecule has 3 heterocycles. The van der Waals surface area contributed by atoms with Crippen molar-refractivity contribution >= 4 is 27.4 Å². The number of hydrogen-bond donors (Lipinski definition) is 1. The number of aromatic hydroxyl groups is 1. The SMILES string of the molecule is Cc1cc(Cc2c(-c3ccc(OCCN4CCCC4)cc3)sc3cc(O)ccc23)ccc1CN1CCCC1C(=O)OC(C)(C)C. The van der Waals surface area contributed by atoms with Crippen LogP contribution >= 0.6 is 11.3 Å². The van der Waals surface area contributed by atoms with E-state index < -0.39 is 5.60 Å². The Kier molecular flexibility index (Phi) is 9.50. The molecule has 0 bridgehead atoms. The van der Waals surface area contributed by atoms with Gasteiger partial charge < -0.3 is 14.6 Å². The van der Waals surface area contributed by atoms with Gasteiger partial charge in [0.25, 0.3) is 0 Å². The first-order valence-electron chi connectivity index (χ1n) is 16.4. The van der Waals surface area contributed by atoms with Crippen molar-refractivity contribution in [2.24, 2.45) is 0 Å². The molecule has 6 nitrogen and oxygen atoms in total. The molecule has 7 heteroatoms. The number of fused-ring (bicyclic) bond motifs is 1. The van der Waals surface area contributed by atoms with Crippen LogP contribution in [0.25, 0.3) is 20.5 Å². The summed E-state index contributed by atoms with van der Waals surface area (Å²) in [6, 6.07) is 20.7. The lowest BCUT2D eigenvalue weighted by molar-refractivity contribution is -0.160. The van der Waals surface area contributed by atoms with Crippen molar-refractivity contribution in [1.29, 1.82) is 0 Å². The molecule has 2 aliphatic rings. The number of likely N-dealkylation sites (tertiary alicyclic amines) is 2. The summed E-state index contributed by atoms with van der Waals surface area (Å²) in [6.07, 6.45) is 5.24. The standard InChI is InChI=1S/C38H46N2O4S/c1-26-22-27(9-10-29(26)25-40-19-7-8-34(40)37(42)44-38(2,3)4)23-33-32-16-13-30(41)24-35(32)45-36(33)28-11-14-31(15-12-28)43-21-20-39-17-5-6-18-39/h9-16,22,24,34,41H,5-8,17-21,23,25H2,1-4H3. The molecule has 0 spiro atoms. The number of ether oxygens (including phenoxy) is 2. The van der Waals surface area contributed by atoms with Gasteiger partial charge in [0.15, 0.2) is 0 Å². The first-order valence-corrected chi connectivity index (χ1v) is 17.2. The van der Waals surface area contributed by atoms with Gasteiger partial charge in [-0.1, -0.05) is 18.2 Å². The van der Waals surface area contributed by atoms with Crippen LogP contribution in [0, 0.1) is 6.92 Å². The number of carbonyl (C=O) groups is 1. The molecule has 6 rings (SSSR count). The molecule has 2 saturated heterocycles. The Hall–Kier alpha value is -3.39. The third kappa shape index (κ3) is 7.71. The van der Waals surface area contributed by atoms with E-state index in [1.54, 1.807) is 17.4 Å². The van der Waals surface area contributed by atoms with Gasteiger partial charge in [-0.3, -0.25) is 14.6 Å². The van der Waals surface area contributed by atoms with Crippen LogP contribution in [0.4, 0.5) is 0 Å². The van der Waals surface area contributed by atoms with Crippen molar-refractivity contribution in [3.05, 3.63) is 82.9 Å². The van der Waals surface area contributed by atoms with Crippen LogP contribution in [0.5, 0.6) is 11.5 Å². The van der Waals surface area contributed by atoms with Crippen LogP contribution in [-0.2, 0) is 22.5 Å². The number of nitrogens with zero attached hydrogens (tertiary/aromatic N) is 2. The number of carbonyl (C=O) groups excluding carboxylic acids is 1. The van der Waals surface area contributed by atoms with Crippen molar-refractivity contribution < 1.29 is 19.4 Å². The molecule has 238 valence electrons. The molecule has 45 heavy (non-hydrogen) atoms. The molecule has 0 saturated carbocycles. The number of aryl methyl sites for hydroxylation is 1. The van der Waals surface area contributed by atoms with Crippen LogP contribution in [0.15, 0.2) is 60.7 Å². The van der Waals surface area contributed by atoms with Crippen LogP contribution in [0.1, 0.15) is 68.7 Å². The van der Waals surface area contributed by atoms with E-state index >= 15 is 0 Å². The minimum atomic E-state index is -0.477. The predicted octanol–water partition coefficient (Wildman–Crippen LogP) is 7.95. The van der Waals surface area contributed by atoms with Crippen molar-refractivity contribution in [2.45, 2.75) is 78.0 Å². The summed E-state index contributed by atoms with van der Waals surface area (Å²) in [5.41, 5.74) is 5.68. The number of rotatable bonds is 10. The molecule has 2 fully saturated rings. The molecule has 0 aliphatic carbocycles. The largest absolute Gasteiger partial charge is 0.508 e. The highest BCUT2D eigenvalue weighted by Gasteiger charge is 2.34. The lowest BCUT2D eigenvalue weighted by atomic mass is 9.96. The van der Waals surface area contributed by atoms with E-state index in [1.807, 2.05) is 32.9 Å². The molecule has 1 N–H and O–H groups in total. The van der Waals surface area contributed by atoms with Crippen molar-refractivity contribution in [1.82, 2.24) is 9.80 Å². The molecule has 4 aromatic rings. The predicted molar refractivity (Wildman–Crippen MR) is 183 cm³/mol. The fourth-order valence-corrected chi connectivity index (χ4v) is 7.93. The molecule has 1 atom stereocenters. The van der Waals surface area contributed by atoms with Gasteiger partial charge in [-0.25, -0.2) is 0 Å². The van der Waals surface area contributed by atoms with Gasteiger partial charge in [0.1, 0.15) is 29.7 Å². The zero-order valence-electron chi connectivity index (χ0n) is 27.1. The van der Waals surface area contributed by atoms with E-state index in [4.69, 9.17) is 9.47 Å². The van der Waals surface area contributed by atoms with Crippen molar-refractivity contribution in [2.75, 3.05) is 32.8 Å². The Morgan fingerprint density at radius 2 is 1.76 bits per heavy atom. The first-order chi connectivity index (χ1) is 21.6. The van der Waals surface area contributed by atoms with Gasteiger partial charge in [0.2, 0.25) is 0 Å². The van der Waals surface area contributed by atoms with E-state index in [1.165, 1.54) is 58.4 Å². The summed E-state index contributed by atoms with van der Waals surface area (Å²) in [6.45, 7) is 13.7. The normalized spacial score (nSPS) is 17.7. The highest BCUT2D eigenvalue weighted by Crippen LogP contribution is 2.41. The maximum Gasteiger partial charge on any atom is 0.323 e. The van der Waals surface area contributed by atoms with Crippen LogP contribution in [0.2, 0.25) is 0 Å². The number of esters is 1. The minimum Gasteiger partial charge on any atom is -0.508 e. The second-order valence-electron chi connectivity index (χ2n) is 13.6. The van der Waals surface area contributed by atoms with Crippen molar-refractivity contribution in [3.63, 3.8) is 0 Å². The Morgan fingerprint density at radius 1 is 0.978 bits per heavy atom. The molecule has 0 amide bonds. The fourth-order valence-electron chi connectivity index (χ4n) is 6.67. The van der Waals surface area contributed by atoms with Gasteiger partial charge in [-0.15, -0.1) is 11.3 Å². The third-order valence-corrected chi connectivity index (χ3v) is 10.2. The van der Waals surface area contributed by atoms with Crippen LogP contribution in [0.3, 0.4) is 0 Å². The van der Waals surface area contributed by atoms with Gasteiger partial charge in [0.05, 0.1) is 0 Å². The van der Waals surface area contributed by atoms with E-state index in [-0.39, 0.29) is 17.8 Å². The van der Waals surface area contributed by atoms with E-state index in [0.29, 0.717) is 6.61 Å². The maximum atomic E-state index is 12.9. The molecule has 3 aromatic carbocycles. The summed E-state index contributed by atoms with van der Waals surface area (Å²) in [4.78, 5) is 18.8. The van der Waals surface area contributed by atoms with Crippen LogP contribution < -0.4 is 4.74 Å². The average Bonchev–Trinajstić information content (AvgIpc) is 3.75. The van der Waals surface area contributed by atoms with E-state index in [0.717, 1.165) is 54.9 Å². The minimum absolute atomic E-state index is 0.112. The number of thiophene rings is 1. The highest BCUT2D eigenvalue weighted by molar-refractivity contribution is 7.22. The van der Waals surface area contributed by atoms with Gasteiger partial charge in [-0.2, -0.15) is 0 Å². The number of benzene rings is 3. The Labute approximate surface area is 271 Å². The van der Waals surface area contributed by atoms with Gasteiger partial charge >= 0.3 is 5.97 Å².